The van der Waals surface area contributed by atoms with Gasteiger partial charge in [0, 0.05) is 5.02 Å². The first-order valence-corrected chi connectivity index (χ1v) is 6.33. The first-order chi connectivity index (χ1) is 8.97. The zero-order valence-electron chi connectivity index (χ0n) is 10.0. The smallest absolute Gasteiger partial charge is 0.166 e. The number of ether oxygens (including phenoxy) is 1. The highest BCUT2D eigenvalue weighted by Gasteiger charge is 2.10. The molecule has 1 atom stereocenters. The van der Waals surface area contributed by atoms with Crippen molar-refractivity contribution in [3.05, 3.63) is 57.8 Å². The van der Waals surface area contributed by atoms with Crippen LogP contribution in [0.15, 0.2) is 36.4 Å². The van der Waals surface area contributed by atoms with Gasteiger partial charge in [0.2, 0.25) is 0 Å². The van der Waals surface area contributed by atoms with Gasteiger partial charge in [-0.3, -0.25) is 0 Å². The number of rotatable bonds is 3. The van der Waals surface area contributed by atoms with Crippen LogP contribution in [-0.4, -0.2) is 5.11 Å². The van der Waals surface area contributed by atoms with E-state index in [1.165, 1.54) is 18.2 Å². The maximum atomic E-state index is 13.8. The molecule has 100 valence electrons. The monoisotopic (exact) mass is 300 g/mol. The van der Waals surface area contributed by atoms with Crippen LogP contribution in [0.1, 0.15) is 18.6 Å². The number of benzene rings is 2. The normalized spacial score (nSPS) is 12.3. The molecule has 2 aromatic carbocycles. The summed E-state index contributed by atoms with van der Waals surface area (Å²) in [7, 11) is 0. The highest BCUT2D eigenvalue weighted by atomic mass is 35.5. The van der Waals surface area contributed by atoms with Gasteiger partial charge >= 0.3 is 0 Å². The zero-order valence-corrected chi connectivity index (χ0v) is 11.5. The second kappa shape index (κ2) is 5.78. The van der Waals surface area contributed by atoms with E-state index in [1.54, 1.807) is 25.1 Å². The molecule has 2 aromatic rings. The van der Waals surface area contributed by atoms with Crippen molar-refractivity contribution in [2.45, 2.75) is 13.0 Å². The molecule has 0 saturated heterocycles. The Hall–Kier alpha value is -1.29. The average molecular weight is 301 g/mol. The molecule has 0 radical (unpaired) electrons. The lowest BCUT2D eigenvalue weighted by molar-refractivity contribution is 0.198. The third-order valence-corrected chi connectivity index (χ3v) is 3.08. The molecule has 0 aliphatic carbocycles. The Labute approximate surface area is 120 Å². The second-order valence-corrected chi connectivity index (χ2v) is 4.89. The molecule has 1 N–H and O–H groups in total. The van der Waals surface area contributed by atoms with Gasteiger partial charge in [0.1, 0.15) is 5.75 Å². The molecule has 2 nitrogen and oxygen atoms in total. The molecule has 2 rings (SSSR count). The fourth-order valence-corrected chi connectivity index (χ4v) is 1.98. The van der Waals surface area contributed by atoms with Crippen molar-refractivity contribution in [3.63, 3.8) is 0 Å². The molecule has 0 aliphatic heterocycles. The third-order valence-electron chi connectivity index (χ3n) is 2.55. The molecule has 5 heteroatoms. The van der Waals surface area contributed by atoms with Crippen LogP contribution in [0.25, 0.3) is 0 Å². The molecule has 0 saturated carbocycles. The van der Waals surface area contributed by atoms with Gasteiger partial charge in [-0.2, -0.15) is 0 Å². The Balaban J connectivity index is 2.28. The SMILES string of the molecule is C[C@@H](O)c1ccc(Oc2ccc(Cl)cc2Cl)c(F)c1. The average Bonchev–Trinajstić information content (AvgIpc) is 2.34. The van der Waals surface area contributed by atoms with E-state index in [0.717, 1.165) is 0 Å². The Morgan fingerprint density at radius 1 is 1.11 bits per heavy atom. The molecule has 0 aliphatic rings. The number of aliphatic hydroxyl groups excluding tert-OH is 1. The lowest BCUT2D eigenvalue weighted by atomic mass is 10.1. The van der Waals surface area contributed by atoms with Crippen LogP contribution < -0.4 is 4.74 Å². The van der Waals surface area contributed by atoms with Gasteiger partial charge in [0.05, 0.1) is 11.1 Å². The number of aliphatic hydroxyl groups is 1. The summed E-state index contributed by atoms with van der Waals surface area (Å²) >= 11 is 11.7. The summed E-state index contributed by atoms with van der Waals surface area (Å²) in [5, 5.41) is 10.1. The maximum absolute atomic E-state index is 13.8. The van der Waals surface area contributed by atoms with Crippen molar-refractivity contribution in [2.75, 3.05) is 0 Å². The van der Waals surface area contributed by atoms with Gasteiger partial charge in [-0.1, -0.05) is 29.3 Å². The van der Waals surface area contributed by atoms with E-state index in [1.807, 2.05) is 0 Å². The highest BCUT2D eigenvalue weighted by Crippen LogP contribution is 2.33. The lowest BCUT2D eigenvalue weighted by Crippen LogP contribution is -1.94. The molecule has 0 fully saturated rings. The van der Waals surface area contributed by atoms with E-state index in [2.05, 4.69) is 0 Å². The molecule has 0 aromatic heterocycles. The topological polar surface area (TPSA) is 29.5 Å². The van der Waals surface area contributed by atoms with Crippen molar-refractivity contribution < 1.29 is 14.2 Å². The maximum Gasteiger partial charge on any atom is 0.166 e. The van der Waals surface area contributed by atoms with E-state index in [9.17, 15) is 9.50 Å². The lowest BCUT2D eigenvalue weighted by Gasteiger charge is -2.11. The van der Waals surface area contributed by atoms with Crippen molar-refractivity contribution in [1.29, 1.82) is 0 Å². The summed E-state index contributed by atoms with van der Waals surface area (Å²) in [5.41, 5.74) is 0.479. The van der Waals surface area contributed by atoms with Crippen molar-refractivity contribution in [1.82, 2.24) is 0 Å². The molecule has 0 bridgehead atoms. The van der Waals surface area contributed by atoms with Crippen molar-refractivity contribution in [2.24, 2.45) is 0 Å². The second-order valence-electron chi connectivity index (χ2n) is 4.04. The van der Waals surface area contributed by atoms with Gasteiger partial charge in [-0.05, 0) is 42.8 Å². The molecule has 0 spiro atoms. The van der Waals surface area contributed by atoms with Crippen LogP contribution in [0.3, 0.4) is 0 Å². The quantitative estimate of drug-likeness (QED) is 0.866. The number of halogens is 3. The standard InChI is InChI=1S/C14H11Cl2FO2/c1-8(18)9-2-4-14(12(17)6-9)19-13-5-3-10(15)7-11(13)16/h2-8,18H,1H3/t8-/m1/s1. The predicted molar refractivity (Wildman–Crippen MR) is 73.6 cm³/mol. The van der Waals surface area contributed by atoms with Gasteiger partial charge in [0.15, 0.2) is 11.6 Å². The summed E-state index contributed by atoms with van der Waals surface area (Å²) < 4.78 is 19.2. The largest absolute Gasteiger partial charge is 0.453 e. The van der Waals surface area contributed by atoms with E-state index in [-0.39, 0.29) is 5.75 Å². The molecule has 0 heterocycles. The van der Waals surface area contributed by atoms with E-state index in [4.69, 9.17) is 27.9 Å². The summed E-state index contributed by atoms with van der Waals surface area (Å²) in [4.78, 5) is 0. The van der Waals surface area contributed by atoms with Crippen LogP contribution in [0.5, 0.6) is 11.5 Å². The Bertz CT molecular complexity index is 600. The number of hydrogen-bond donors (Lipinski definition) is 1. The first kappa shape index (κ1) is 14.1. The minimum absolute atomic E-state index is 0.0358. The van der Waals surface area contributed by atoms with Crippen molar-refractivity contribution >= 4 is 23.2 Å². The van der Waals surface area contributed by atoms with Gasteiger partial charge in [-0.25, -0.2) is 4.39 Å². The molecular weight excluding hydrogens is 290 g/mol. The molecular formula is C14H11Cl2FO2. The van der Waals surface area contributed by atoms with Crippen LogP contribution in [0.2, 0.25) is 10.0 Å². The Morgan fingerprint density at radius 2 is 1.79 bits per heavy atom. The third kappa shape index (κ3) is 3.38. The van der Waals surface area contributed by atoms with Crippen LogP contribution in [0.4, 0.5) is 4.39 Å². The van der Waals surface area contributed by atoms with E-state index >= 15 is 0 Å². The Morgan fingerprint density at radius 3 is 2.37 bits per heavy atom. The minimum atomic E-state index is -0.734. The van der Waals surface area contributed by atoms with Gasteiger partial charge < -0.3 is 9.84 Å². The zero-order chi connectivity index (χ0) is 14.0. The minimum Gasteiger partial charge on any atom is -0.453 e. The van der Waals surface area contributed by atoms with Crippen LogP contribution >= 0.6 is 23.2 Å². The molecule has 19 heavy (non-hydrogen) atoms. The van der Waals surface area contributed by atoms with Crippen LogP contribution in [0, 0.1) is 5.82 Å². The van der Waals surface area contributed by atoms with E-state index in [0.29, 0.717) is 21.4 Å². The Kier molecular flexibility index (Phi) is 4.30. The van der Waals surface area contributed by atoms with Crippen LogP contribution in [-0.2, 0) is 0 Å². The first-order valence-electron chi connectivity index (χ1n) is 5.58. The highest BCUT2D eigenvalue weighted by molar-refractivity contribution is 6.35. The van der Waals surface area contributed by atoms with E-state index < -0.39 is 11.9 Å². The summed E-state index contributed by atoms with van der Waals surface area (Å²) in [5.74, 6) is -0.215. The molecule has 0 amide bonds. The van der Waals surface area contributed by atoms with Crippen molar-refractivity contribution in [3.8, 4) is 11.5 Å². The van der Waals surface area contributed by atoms with Gasteiger partial charge in [0.25, 0.3) is 0 Å². The summed E-state index contributed by atoms with van der Waals surface area (Å²) in [6.45, 7) is 1.56. The van der Waals surface area contributed by atoms with Gasteiger partial charge in [-0.15, -0.1) is 0 Å². The fraction of sp³-hybridized carbons (Fsp3) is 0.143. The summed E-state index contributed by atoms with van der Waals surface area (Å²) in [6.07, 6.45) is -0.734. The summed E-state index contributed by atoms with van der Waals surface area (Å²) in [6, 6.07) is 8.94. The fourth-order valence-electron chi connectivity index (χ4n) is 1.54. The predicted octanol–water partition coefficient (Wildman–Crippen LogP) is 4.98. The molecule has 0 unspecified atom stereocenters. The number of hydrogen-bond acceptors (Lipinski definition) is 2.